The lowest BCUT2D eigenvalue weighted by Crippen LogP contribution is -2.65. The standard InChI is InChI=1S/C18H31F2NO5/c1-5-17(25,18(19,20)14(22)23)13(11-12-9-7-6-8-10-12)21-15(24)26-16(2,3)4/h12-13,25H,5-11H2,1-4H3,(H,21,24)(H,22,23). The van der Waals surface area contributed by atoms with E-state index in [2.05, 4.69) is 5.32 Å². The van der Waals surface area contributed by atoms with Crippen LogP contribution in [0, 0.1) is 5.92 Å². The maximum atomic E-state index is 14.3. The number of carboxylic acids is 1. The summed E-state index contributed by atoms with van der Waals surface area (Å²) in [4.78, 5) is 23.2. The van der Waals surface area contributed by atoms with E-state index in [1.54, 1.807) is 20.8 Å². The molecular weight excluding hydrogens is 348 g/mol. The van der Waals surface area contributed by atoms with E-state index in [1.165, 1.54) is 6.92 Å². The monoisotopic (exact) mass is 379 g/mol. The molecule has 2 atom stereocenters. The van der Waals surface area contributed by atoms with E-state index in [0.717, 1.165) is 32.1 Å². The highest BCUT2D eigenvalue weighted by molar-refractivity contribution is 5.77. The zero-order chi connectivity index (χ0) is 20.2. The molecule has 0 radical (unpaired) electrons. The molecule has 0 aromatic carbocycles. The molecule has 0 spiro atoms. The molecule has 1 aliphatic rings. The Morgan fingerprint density at radius 3 is 2.15 bits per heavy atom. The van der Waals surface area contributed by atoms with Gasteiger partial charge in [-0.1, -0.05) is 39.0 Å². The van der Waals surface area contributed by atoms with Crippen molar-refractivity contribution in [3.05, 3.63) is 0 Å². The Kier molecular flexibility index (Phi) is 7.39. The van der Waals surface area contributed by atoms with Crippen molar-refractivity contribution in [2.24, 2.45) is 5.92 Å². The number of amides is 1. The molecule has 0 aliphatic heterocycles. The highest BCUT2D eigenvalue weighted by Gasteiger charge is 2.62. The van der Waals surface area contributed by atoms with Crippen LogP contribution in [0.25, 0.3) is 0 Å². The van der Waals surface area contributed by atoms with Crippen molar-refractivity contribution >= 4 is 12.1 Å². The Balaban J connectivity index is 3.10. The third-order valence-corrected chi connectivity index (χ3v) is 4.91. The Bertz CT molecular complexity index is 500. The van der Waals surface area contributed by atoms with Crippen LogP contribution in [0.3, 0.4) is 0 Å². The van der Waals surface area contributed by atoms with Crippen molar-refractivity contribution < 1.29 is 33.3 Å². The van der Waals surface area contributed by atoms with Crippen molar-refractivity contribution in [3.8, 4) is 0 Å². The number of alkyl halides is 2. The summed E-state index contributed by atoms with van der Waals surface area (Å²) in [7, 11) is 0. The number of hydrogen-bond acceptors (Lipinski definition) is 4. The fourth-order valence-electron chi connectivity index (χ4n) is 3.45. The van der Waals surface area contributed by atoms with Crippen LogP contribution in [0.2, 0.25) is 0 Å². The lowest BCUT2D eigenvalue weighted by Gasteiger charge is -2.41. The number of carboxylic acid groups (broad SMARTS) is 1. The number of carbonyl (C=O) groups excluding carboxylic acids is 1. The summed E-state index contributed by atoms with van der Waals surface area (Å²) in [6.45, 7) is 6.16. The van der Waals surface area contributed by atoms with Crippen LogP contribution in [0.5, 0.6) is 0 Å². The first-order chi connectivity index (χ1) is 11.8. The number of halogens is 2. The zero-order valence-electron chi connectivity index (χ0n) is 16.0. The van der Waals surface area contributed by atoms with E-state index >= 15 is 0 Å². The molecule has 1 aliphatic carbocycles. The third kappa shape index (κ3) is 5.53. The molecule has 1 amide bonds. The molecule has 3 N–H and O–H groups in total. The molecule has 152 valence electrons. The Labute approximate surface area is 153 Å². The molecule has 0 heterocycles. The molecule has 1 saturated carbocycles. The van der Waals surface area contributed by atoms with Gasteiger partial charge in [-0.3, -0.25) is 0 Å². The van der Waals surface area contributed by atoms with Crippen molar-refractivity contribution in [1.82, 2.24) is 5.32 Å². The van der Waals surface area contributed by atoms with Gasteiger partial charge in [0, 0.05) is 0 Å². The van der Waals surface area contributed by atoms with Gasteiger partial charge in [-0.2, -0.15) is 8.78 Å². The van der Waals surface area contributed by atoms with Crippen LogP contribution in [0.4, 0.5) is 13.6 Å². The first-order valence-corrected chi connectivity index (χ1v) is 9.16. The number of hydrogen-bond donors (Lipinski definition) is 3. The number of ether oxygens (including phenoxy) is 1. The predicted octanol–water partition coefficient (Wildman–Crippen LogP) is 3.71. The van der Waals surface area contributed by atoms with Crippen LogP contribution in [-0.4, -0.2) is 45.4 Å². The second kappa shape index (κ2) is 8.50. The Hall–Kier alpha value is -1.44. The normalized spacial score (nSPS) is 20.1. The van der Waals surface area contributed by atoms with Gasteiger partial charge < -0.3 is 20.3 Å². The topological polar surface area (TPSA) is 95.9 Å². The van der Waals surface area contributed by atoms with E-state index in [4.69, 9.17) is 9.84 Å². The van der Waals surface area contributed by atoms with Crippen LogP contribution in [-0.2, 0) is 9.53 Å². The smallest absolute Gasteiger partial charge is 0.407 e. The maximum absolute atomic E-state index is 14.3. The second-order valence-corrected chi connectivity index (χ2v) is 8.10. The second-order valence-electron chi connectivity index (χ2n) is 8.10. The molecular formula is C18H31F2NO5. The average Bonchev–Trinajstić information content (AvgIpc) is 2.52. The maximum Gasteiger partial charge on any atom is 0.407 e. The molecule has 8 heteroatoms. The number of aliphatic carboxylic acids is 1. The number of aliphatic hydroxyl groups is 1. The van der Waals surface area contributed by atoms with Gasteiger partial charge in [0.1, 0.15) is 5.60 Å². The van der Waals surface area contributed by atoms with Crippen LogP contribution < -0.4 is 5.32 Å². The van der Waals surface area contributed by atoms with Gasteiger partial charge in [0.05, 0.1) is 6.04 Å². The van der Waals surface area contributed by atoms with Crippen molar-refractivity contribution in [2.75, 3.05) is 0 Å². The van der Waals surface area contributed by atoms with Crippen LogP contribution >= 0.6 is 0 Å². The van der Waals surface area contributed by atoms with Crippen molar-refractivity contribution in [2.45, 2.75) is 95.8 Å². The molecule has 1 fully saturated rings. The van der Waals surface area contributed by atoms with Gasteiger partial charge in [0.25, 0.3) is 0 Å². The van der Waals surface area contributed by atoms with E-state index in [0.29, 0.717) is 0 Å². The van der Waals surface area contributed by atoms with Gasteiger partial charge in [-0.25, -0.2) is 9.59 Å². The van der Waals surface area contributed by atoms with E-state index in [1.807, 2.05) is 0 Å². The lowest BCUT2D eigenvalue weighted by molar-refractivity contribution is -0.218. The van der Waals surface area contributed by atoms with E-state index in [9.17, 15) is 23.5 Å². The first-order valence-electron chi connectivity index (χ1n) is 9.16. The SMILES string of the molecule is CCC(O)(C(CC1CCCCC1)NC(=O)OC(C)(C)C)C(F)(F)C(=O)O. The molecule has 2 unspecified atom stereocenters. The summed E-state index contributed by atoms with van der Waals surface area (Å²) >= 11 is 0. The lowest BCUT2D eigenvalue weighted by atomic mass is 9.76. The number of nitrogens with one attached hydrogen (secondary N) is 1. The minimum atomic E-state index is -4.41. The third-order valence-electron chi connectivity index (χ3n) is 4.91. The van der Waals surface area contributed by atoms with Gasteiger partial charge in [-0.15, -0.1) is 0 Å². The minimum absolute atomic E-state index is 0.0337. The van der Waals surface area contributed by atoms with Gasteiger partial charge in [-0.05, 0) is 39.5 Å². The van der Waals surface area contributed by atoms with E-state index < -0.39 is 41.6 Å². The highest BCUT2D eigenvalue weighted by atomic mass is 19.3. The summed E-state index contributed by atoms with van der Waals surface area (Å²) in [5.41, 5.74) is -3.76. The molecule has 0 aromatic rings. The molecule has 6 nitrogen and oxygen atoms in total. The zero-order valence-corrected chi connectivity index (χ0v) is 16.0. The van der Waals surface area contributed by atoms with Gasteiger partial charge in [0.2, 0.25) is 0 Å². The quantitative estimate of drug-likeness (QED) is 0.627. The summed E-state index contributed by atoms with van der Waals surface area (Å²) in [6, 6.07) is -1.43. The summed E-state index contributed by atoms with van der Waals surface area (Å²) in [6.07, 6.45) is 3.14. The summed E-state index contributed by atoms with van der Waals surface area (Å²) in [5, 5.41) is 21.9. The number of rotatable bonds is 7. The molecule has 1 rings (SSSR count). The minimum Gasteiger partial charge on any atom is -0.477 e. The fourth-order valence-corrected chi connectivity index (χ4v) is 3.45. The van der Waals surface area contributed by atoms with E-state index in [-0.39, 0.29) is 12.3 Å². The number of carbonyl (C=O) groups is 2. The van der Waals surface area contributed by atoms with Crippen LogP contribution in [0.1, 0.15) is 72.6 Å². The largest absolute Gasteiger partial charge is 0.477 e. The Morgan fingerprint density at radius 1 is 1.19 bits per heavy atom. The fraction of sp³-hybridized carbons (Fsp3) is 0.889. The Morgan fingerprint density at radius 2 is 1.73 bits per heavy atom. The molecule has 26 heavy (non-hydrogen) atoms. The first kappa shape index (κ1) is 22.6. The average molecular weight is 379 g/mol. The summed E-state index contributed by atoms with van der Waals surface area (Å²) in [5.74, 6) is -6.79. The van der Waals surface area contributed by atoms with Crippen molar-refractivity contribution in [3.63, 3.8) is 0 Å². The van der Waals surface area contributed by atoms with Gasteiger partial charge in [0.15, 0.2) is 5.60 Å². The molecule has 0 aromatic heterocycles. The predicted molar refractivity (Wildman–Crippen MR) is 92.2 cm³/mol. The molecule has 0 saturated heterocycles. The number of alkyl carbamates (subject to hydrolysis) is 1. The summed E-state index contributed by atoms with van der Waals surface area (Å²) < 4.78 is 33.8. The highest BCUT2D eigenvalue weighted by Crippen LogP contribution is 2.39. The van der Waals surface area contributed by atoms with Crippen molar-refractivity contribution in [1.29, 1.82) is 0 Å². The van der Waals surface area contributed by atoms with Gasteiger partial charge >= 0.3 is 18.0 Å². The molecule has 0 bridgehead atoms. The van der Waals surface area contributed by atoms with Crippen LogP contribution in [0.15, 0.2) is 0 Å².